The van der Waals surface area contributed by atoms with Gasteiger partial charge in [-0.2, -0.15) is 0 Å². The Balaban J connectivity index is 1.90. The van der Waals surface area contributed by atoms with Gasteiger partial charge in [-0.25, -0.2) is 0 Å². The number of carbonyl (C=O) groups excluding carboxylic acids is 2. The zero-order valence-electron chi connectivity index (χ0n) is 19.7. The van der Waals surface area contributed by atoms with E-state index in [2.05, 4.69) is 19.2 Å². The maximum absolute atomic E-state index is 13.3. The molecule has 2 aromatic rings. The van der Waals surface area contributed by atoms with Gasteiger partial charge < -0.3 is 19.7 Å². The zero-order valence-corrected chi connectivity index (χ0v) is 19.7. The summed E-state index contributed by atoms with van der Waals surface area (Å²) >= 11 is 0. The number of benzene rings is 2. The highest BCUT2D eigenvalue weighted by atomic mass is 16.5. The van der Waals surface area contributed by atoms with E-state index >= 15 is 0 Å². The zero-order chi connectivity index (χ0) is 23.3. The molecule has 6 heteroatoms. The third-order valence-corrected chi connectivity index (χ3v) is 6.18. The van der Waals surface area contributed by atoms with Gasteiger partial charge in [-0.1, -0.05) is 38.1 Å². The third kappa shape index (κ3) is 5.23. The maximum atomic E-state index is 13.3. The van der Waals surface area contributed by atoms with E-state index in [0.29, 0.717) is 42.6 Å². The molecule has 6 nitrogen and oxygen atoms in total. The molecule has 172 valence electrons. The highest BCUT2D eigenvalue weighted by Crippen LogP contribution is 2.39. The van der Waals surface area contributed by atoms with Gasteiger partial charge in [-0.3, -0.25) is 9.59 Å². The van der Waals surface area contributed by atoms with Crippen LogP contribution in [0.2, 0.25) is 0 Å². The normalized spacial score (nSPS) is 18.0. The molecule has 2 aromatic carbocycles. The predicted octanol–water partition coefficient (Wildman–Crippen LogP) is 4.03. The SMILES string of the molecule is COc1ccc(C2CN(C(=O)c3ccccc3C)CC2C(=O)NCCC(C)C)c(OC)c1. The Kier molecular flexibility index (Phi) is 7.78. The monoisotopic (exact) mass is 438 g/mol. The molecule has 2 amide bonds. The number of nitrogens with zero attached hydrogens (tertiary/aromatic N) is 1. The quantitative estimate of drug-likeness (QED) is 0.676. The number of likely N-dealkylation sites (tertiary alicyclic amines) is 1. The van der Waals surface area contributed by atoms with E-state index in [-0.39, 0.29) is 23.7 Å². The summed E-state index contributed by atoms with van der Waals surface area (Å²) in [6, 6.07) is 13.2. The molecule has 1 N–H and O–H groups in total. The number of amides is 2. The molecule has 0 saturated carbocycles. The van der Waals surface area contributed by atoms with Crippen LogP contribution in [0.5, 0.6) is 11.5 Å². The van der Waals surface area contributed by atoms with Crippen molar-refractivity contribution >= 4 is 11.8 Å². The van der Waals surface area contributed by atoms with E-state index in [1.54, 1.807) is 19.1 Å². The summed E-state index contributed by atoms with van der Waals surface area (Å²) in [5.74, 6) is 1.29. The second-order valence-electron chi connectivity index (χ2n) is 8.82. The highest BCUT2D eigenvalue weighted by Gasteiger charge is 2.41. The molecule has 3 rings (SSSR count). The Morgan fingerprint density at radius 1 is 1.09 bits per heavy atom. The van der Waals surface area contributed by atoms with Crippen LogP contribution in [-0.2, 0) is 4.79 Å². The summed E-state index contributed by atoms with van der Waals surface area (Å²) in [7, 11) is 3.22. The molecule has 1 heterocycles. The Morgan fingerprint density at radius 3 is 2.50 bits per heavy atom. The van der Waals surface area contributed by atoms with Gasteiger partial charge in [-0.15, -0.1) is 0 Å². The van der Waals surface area contributed by atoms with Crippen molar-refractivity contribution < 1.29 is 19.1 Å². The topological polar surface area (TPSA) is 67.9 Å². The van der Waals surface area contributed by atoms with Gasteiger partial charge >= 0.3 is 0 Å². The summed E-state index contributed by atoms with van der Waals surface area (Å²) in [5.41, 5.74) is 2.52. The van der Waals surface area contributed by atoms with E-state index in [4.69, 9.17) is 9.47 Å². The van der Waals surface area contributed by atoms with Crippen LogP contribution in [0.15, 0.2) is 42.5 Å². The van der Waals surface area contributed by atoms with Crippen molar-refractivity contribution in [2.24, 2.45) is 11.8 Å². The minimum atomic E-state index is -0.350. The summed E-state index contributed by atoms with van der Waals surface area (Å²) < 4.78 is 11.0. The van der Waals surface area contributed by atoms with Gasteiger partial charge in [0.2, 0.25) is 5.91 Å². The van der Waals surface area contributed by atoms with E-state index in [1.165, 1.54) is 0 Å². The summed E-state index contributed by atoms with van der Waals surface area (Å²) in [6.07, 6.45) is 0.917. The van der Waals surface area contributed by atoms with Crippen LogP contribution in [-0.4, -0.2) is 50.6 Å². The fraction of sp³-hybridized carbons (Fsp3) is 0.462. The molecule has 2 unspecified atom stereocenters. The van der Waals surface area contributed by atoms with Crippen molar-refractivity contribution in [3.05, 3.63) is 59.2 Å². The van der Waals surface area contributed by atoms with Crippen molar-refractivity contribution in [1.29, 1.82) is 0 Å². The molecule has 0 spiro atoms. The lowest BCUT2D eigenvalue weighted by Crippen LogP contribution is -2.36. The third-order valence-electron chi connectivity index (χ3n) is 6.18. The highest BCUT2D eigenvalue weighted by molar-refractivity contribution is 5.96. The molecule has 0 radical (unpaired) electrons. The van der Waals surface area contributed by atoms with Gasteiger partial charge in [-0.05, 0) is 37.0 Å². The Morgan fingerprint density at radius 2 is 1.84 bits per heavy atom. The fourth-order valence-electron chi connectivity index (χ4n) is 4.27. The summed E-state index contributed by atoms with van der Waals surface area (Å²) in [5, 5.41) is 3.08. The number of ether oxygens (including phenoxy) is 2. The van der Waals surface area contributed by atoms with E-state index < -0.39 is 0 Å². The predicted molar refractivity (Wildman–Crippen MR) is 125 cm³/mol. The average molecular weight is 439 g/mol. The van der Waals surface area contributed by atoms with Crippen LogP contribution in [0, 0.1) is 18.8 Å². The van der Waals surface area contributed by atoms with Crippen molar-refractivity contribution in [2.75, 3.05) is 33.9 Å². The Labute approximate surface area is 190 Å². The first-order chi connectivity index (χ1) is 15.3. The first-order valence-electron chi connectivity index (χ1n) is 11.2. The molecule has 1 saturated heterocycles. The standard InChI is InChI=1S/C26H34N2O4/c1-17(2)12-13-27-25(29)23-16-28(26(30)20-9-7-6-8-18(20)3)15-22(23)21-11-10-19(31-4)14-24(21)32-5/h6-11,14,17,22-23H,12-13,15-16H2,1-5H3,(H,27,29). The lowest BCUT2D eigenvalue weighted by Gasteiger charge is -2.21. The largest absolute Gasteiger partial charge is 0.497 e. The van der Waals surface area contributed by atoms with Gasteiger partial charge in [0.15, 0.2) is 0 Å². The molecule has 0 aliphatic carbocycles. The van der Waals surface area contributed by atoms with Gasteiger partial charge in [0.1, 0.15) is 11.5 Å². The van der Waals surface area contributed by atoms with Crippen LogP contribution in [0.25, 0.3) is 0 Å². The molecule has 1 fully saturated rings. The number of hydrogen-bond donors (Lipinski definition) is 1. The number of rotatable bonds is 8. The number of nitrogens with one attached hydrogen (secondary N) is 1. The molecule has 1 aliphatic rings. The van der Waals surface area contributed by atoms with E-state index in [1.807, 2.05) is 49.4 Å². The van der Waals surface area contributed by atoms with Crippen LogP contribution < -0.4 is 14.8 Å². The van der Waals surface area contributed by atoms with Crippen molar-refractivity contribution in [1.82, 2.24) is 10.2 Å². The van der Waals surface area contributed by atoms with Crippen molar-refractivity contribution in [3.8, 4) is 11.5 Å². The van der Waals surface area contributed by atoms with Crippen LogP contribution in [0.1, 0.15) is 47.7 Å². The van der Waals surface area contributed by atoms with E-state index in [0.717, 1.165) is 17.5 Å². The molecular formula is C26H34N2O4. The first kappa shape index (κ1) is 23.6. The minimum absolute atomic E-state index is 0.0198. The average Bonchev–Trinajstić information content (AvgIpc) is 3.23. The summed E-state index contributed by atoms with van der Waals surface area (Å²) in [6.45, 7) is 7.66. The molecule has 1 aliphatic heterocycles. The van der Waals surface area contributed by atoms with Crippen LogP contribution >= 0.6 is 0 Å². The lowest BCUT2D eigenvalue weighted by molar-refractivity contribution is -0.124. The number of hydrogen-bond acceptors (Lipinski definition) is 4. The lowest BCUT2D eigenvalue weighted by atomic mass is 9.87. The second kappa shape index (κ2) is 10.5. The Bertz CT molecular complexity index is 957. The van der Waals surface area contributed by atoms with Crippen molar-refractivity contribution in [2.45, 2.75) is 33.1 Å². The molecule has 0 bridgehead atoms. The second-order valence-corrected chi connectivity index (χ2v) is 8.82. The molecule has 32 heavy (non-hydrogen) atoms. The van der Waals surface area contributed by atoms with Crippen LogP contribution in [0.4, 0.5) is 0 Å². The van der Waals surface area contributed by atoms with Gasteiger partial charge in [0, 0.05) is 42.7 Å². The smallest absolute Gasteiger partial charge is 0.254 e. The minimum Gasteiger partial charge on any atom is -0.497 e. The number of carbonyl (C=O) groups is 2. The fourth-order valence-corrected chi connectivity index (χ4v) is 4.27. The van der Waals surface area contributed by atoms with Crippen LogP contribution in [0.3, 0.4) is 0 Å². The molecular weight excluding hydrogens is 404 g/mol. The maximum Gasteiger partial charge on any atom is 0.254 e. The number of methoxy groups -OCH3 is 2. The number of aryl methyl sites for hydroxylation is 1. The van der Waals surface area contributed by atoms with Gasteiger partial charge in [0.05, 0.1) is 20.1 Å². The molecule has 0 aromatic heterocycles. The first-order valence-corrected chi connectivity index (χ1v) is 11.2. The molecule has 2 atom stereocenters. The van der Waals surface area contributed by atoms with Gasteiger partial charge in [0.25, 0.3) is 5.91 Å². The Hall–Kier alpha value is -3.02. The van der Waals surface area contributed by atoms with E-state index in [9.17, 15) is 9.59 Å². The van der Waals surface area contributed by atoms with Crippen molar-refractivity contribution in [3.63, 3.8) is 0 Å². The summed E-state index contributed by atoms with van der Waals surface area (Å²) in [4.78, 5) is 28.3.